The highest BCUT2D eigenvalue weighted by atomic mass is 35.5. The van der Waals surface area contributed by atoms with Gasteiger partial charge in [-0.1, -0.05) is 11.6 Å². The summed E-state index contributed by atoms with van der Waals surface area (Å²) in [6.07, 6.45) is 1.21. The smallest absolute Gasteiger partial charge is 0.304 e. The molecule has 108 valence electrons. The Morgan fingerprint density at radius 3 is 2.71 bits per heavy atom. The number of anilines is 2. The van der Waals surface area contributed by atoms with Gasteiger partial charge in [0.15, 0.2) is 0 Å². The number of carbonyl (C=O) groups excluding carboxylic acids is 1. The van der Waals surface area contributed by atoms with Crippen LogP contribution in [0.5, 0.6) is 0 Å². The zero-order valence-corrected chi connectivity index (χ0v) is 11.1. The molecule has 7 nitrogen and oxygen atoms in total. The lowest BCUT2D eigenvalue weighted by atomic mass is 10.2. The molecule has 0 aliphatic carbocycles. The van der Waals surface area contributed by atoms with Gasteiger partial charge in [0.05, 0.1) is 15.5 Å². The van der Waals surface area contributed by atoms with E-state index in [2.05, 4.69) is 10.3 Å². The van der Waals surface area contributed by atoms with E-state index in [0.29, 0.717) is 0 Å². The second kappa shape index (κ2) is 5.71. The maximum atomic E-state index is 13.4. The predicted octanol–water partition coefficient (Wildman–Crippen LogP) is 2.62. The molecule has 3 N–H and O–H groups in total. The molecule has 0 unspecified atom stereocenters. The number of nitrogens with zero attached hydrogens (tertiary/aromatic N) is 2. The highest BCUT2D eigenvalue weighted by Crippen LogP contribution is 2.22. The Labute approximate surface area is 122 Å². The summed E-state index contributed by atoms with van der Waals surface area (Å²) in [5, 5.41) is 13.0. The topological polar surface area (TPSA) is 111 Å². The number of carbonyl (C=O) groups is 1. The summed E-state index contributed by atoms with van der Waals surface area (Å²) >= 11 is 5.74. The van der Waals surface area contributed by atoms with Gasteiger partial charge < -0.3 is 11.1 Å². The number of hydrogen-bond donors (Lipinski definition) is 2. The summed E-state index contributed by atoms with van der Waals surface area (Å²) in [7, 11) is 0. The van der Waals surface area contributed by atoms with Crippen molar-refractivity contribution in [2.75, 3.05) is 11.1 Å². The molecule has 1 amide bonds. The number of nitro groups is 1. The van der Waals surface area contributed by atoms with Crippen LogP contribution in [0.25, 0.3) is 0 Å². The Kier molecular flexibility index (Phi) is 3.99. The van der Waals surface area contributed by atoms with Crippen LogP contribution in [-0.2, 0) is 0 Å². The molecular formula is C12H8ClFN4O3. The molecule has 0 bridgehead atoms. The Bertz CT molecular complexity index is 738. The van der Waals surface area contributed by atoms with Crippen LogP contribution in [0.1, 0.15) is 10.4 Å². The van der Waals surface area contributed by atoms with Crippen LogP contribution in [0, 0.1) is 15.9 Å². The van der Waals surface area contributed by atoms with Gasteiger partial charge in [0, 0.05) is 24.0 Å². The molecule has 21 heavy (non-hydrogen) atoms. The third-order valence-corrected chi connectivity index (χ3v) is 2.84. The van der Waals surface area contributed by atoms with Crippen LogP contribution >= 0.6 is 11.6 Å². The Hall–Kier alpha value is -2.74. The highest BCUT2D eigenvalue weighted by molar-refractivity contribution is 6.33. The number of nitrogens with one attached hydrogen (secondary N) is 1. The minimum absolute atomic E-state index is 0.0658. The molecule has 0 aliphatic heterocycles. The van der Waals surface area contributed by atoms with Crippen molar-refractivity contribution < 1.29 is 14.1 Å². The summed E-state index contributed by atoms with van der Waals surface area (Å²) in [5.74, 6) is -1.57. The lowest BCUT2D eigenvalue weighted by Gasteiger charge is -2.06. The average molecular weight is 311 g/mol. The van der Waals surface area contributed by atoms with Crippen LogP contribution in [0.15, 0.2) is 30.5 Å². The fraction of sp³-hybridized carbons (Fsp3) is 0. The van der Waals surface area contributed by atoms with E-state index >= 15 is 0 Å². The van der Waals surface area contributed by atoms with Crippen LogP contribution < -0.4 is 11.1 Å². The quantitative estimate of drug-likeness (QED) is 0.668. The van der Waals surface area contributed by atoms with Crippen molar-refractivity contribution in [3.8, 4) is 0 Å². The van der Waals surface area contributed by atoms with Gasteiger partial charge in [-0.2, -0.15) is 4.39 Å². The monoisotopic (exact) mass is 310 g/mol. The van der Waals surface area contributed by atoms with E-state index in [9.17, 15) is 19.3 Å². The first-order chi connectivity index (χ1) is 9.88. The molecule has 1 aromatic carbocycles. The Balaban J connectivity index is 2.21. The number of nitrogens with two attached hydrogens (primary N) is 1. The Morgan fingerprint density at radius 2 is 2.14 bits per heavy atom. The van der Waals surface area contributed by atoms with Gasteiger partial charge in [0.2, 0.25) is 5.82 Å². The molecule has 2 rings (SSSR count). The van der Waals surface area contributed by atoms with E-state index < -0.39 is 22.3 Å². The number of pyridine rings is 1. The number of halogens is 2. The summed E-state index contributed by atoms with van der Waals surface area (Å²) in [4.78, 5) is 25.3. The minimum atomic E-state index is -1.05. The molecule has 1 aromatic heterocycles. The number of benzene rings is 1. The minimum Gasteiger partial charge on any atom is -0.382 e. The number of aromatic nitrogens is 1. The summed E-state index contributed by atoms with van der Waals surface area (Å²) in [6.45, 7) is 0. The predicted molar refractivity (Wildman–Crippen MR) is 74.7 cm³/mol. The summed E-state index contributed by atoms with van der Waals surface area (Å²) in [6, 6.07) is 4.33. The zero-order chi connectivity index (χ0) is 15.6. The van der Waals surface area contributed by atoms with Gasteiger partial charge in [-0.3, -0.25) is 14.9 Å². The lowest BCUT2D eigenvalue weighted by Crippen LogP contribution is -2.13. The number of amides is 1. The molecule has 1 heterocycles. The van der Waals surface area contributed by atoms with Gasteiger partial charge in [0.1, 0.15) is 5.82 Å². The first kappa shape index (κ1) is 14.7. The Morgan fingerprint density at radius 1 is 1.43 bits per heavy atom. The summed E-state index contributed by atoms with van der Waals surface area (Å²) < 4.78 is 13.4. The summed E-state index contributed by atoms with van der Waals surface area (Å²) in [5.41, 5.74) is 4.93. The number of hydrogen-bond acceptors (Lipinski definition) is 5. The van der Waals surface area contributed by atoms with Crippen molar-refractivity contribution in [2.24, 2.45) is 0 Å². The lowest BCUT2D eigenvalue weighted by molar-refractivity contribution is -0.387. The molecule has 0 spiro atoms. The first-order valence-corrected chi connectivity index (χ1v) is 5.92. The van der Waals surface area contributed by atoms with Gasteiger partial charge in [-0.25, -0.2) is 4.98 Å². The molecule has 0 saturated carbocycles. The van der Waals surface area contributed by atoms with Gasteiger partial charge in [-0.05, 0) is 12.1 Å². The second-order valence-corrected chi connectivity index (χ2v) is 4.38. The van der Waals surface area contributed by atoms with Gasteiger partial charge >= 0.3 is 5.69 Å². The zero-order valence-electron chi connectivity index (χ0n) is 10.3. The maximum absolute atomic E-state index is 13.4. The van der Waals surface area contributed by atoms with E-state index in [-0.39, 0.29) is 22.1 Å². The van der Waals surface area contributed by atoms with Crippen molar-refractivity contribution in [1.82, 2.24) is 4.98 Å². The molecule has 0 saturated heterocycles. The van der Waals surface area contributed by atoms with E-state index in [1.165, 1.54) is 18.3 Å². The van der Waals surface area contributed by atoms with Crippen molar-refractivity contribution in [3.63, 3.8) is 0 Å². The standard InChI is InChI=1S/C12H8ClFN4O3/c13-8-3-6(5-16-11(8)15)12(19)17-7-1-2-10(18(20)21)9(14)4-7/h1-5H,(H2,15,16)(H,17,19). The van der Waals surface area contributed by atoms with Gasteiger partial charge in [0.25, 0.3) is 5.91 Å². The largest absolute Gasteiger partial charge is 0.382 e. The average Bonchev–Trinajstić information content (AvgIpc) is 2.41. The third-order valence-electron chi connectivity index (χ3n) is 2.53. The van der Waals surface area contributed by atoms with Crippen LogP contribution in [0.3, 0.4) is 0 Å². The number of nitrogen functional groups attached to an aromatic ring is 1. The van der Waals surface area contributed by atoms with Crippen molar-refractivity contribution >= 4 is 34.7 Å². The molecule has 0 aliphatic rings. The normalized spacial score (nSPS) is 10.2. The molecule has 0 radical (unpaired) electrons. The van der Waals surface area contributed by atoms with Crippen LogP contribution in [0.2, 0.25) is 5.02 Å². The second-order valence-electron chi connectivity index (χ2n) is 3.97. The van der Waals surface area contributed by atoms with Gasteiger partial charge in [-0.15, -0.1) is 0 Å². The van der Waals surface area contributed by atoms with E-state index in [1.54, 1.807) is 0 Å². The fourth-order valence-electron chi connectivity index (χ4n) is 1.51. The van der Waals surface area contributed by atoms with Crippen molar-refractivity contribution in [3.05, 3.63) is 57.0 Å². The third kappa shape index (κ3) is 3.23. The van der Waals surface area contributed by atoms with E-state index in [1.807, 2.05) is 0 Å². The van der Waals surface area contributed by atoms with Crippen LogP contribution in [-0.4, -0.2) is 15.8 Å². The number of rotatable bonds is 3. The highest BCUT2D eigenvalue weighted by Gasteiger charge is 2.15. The fourth-order valence-corrected chi connectivity index (χ4v) is 1.67. The molecule has 0 fully saturated rings. The SMILES string of the molecule is Nc1ncc(C(=O)Nc2ccc([N+](=O)[O-])c(F)c2)cc1Cl. The van der Waals surface area contributed by atoms with Crippen LogP contribution in [0.4, 0.5) is 21.6 Å². The van der Waals surface area contributed by atoms with E-state index in [0.717, 1.165) is 12.1 Å². The van der Waals surface area contributed by atoms with Crippen molar-refractivity contribution in [1.29, 1.82) is 0 Å². The molecule has 0 atom stereocenters. The molecule has 2 aromatic rings. The maximum Gasteiger partial charge on any atom is 0.304 e. The first-order valence-electron chi connectivity index (χ1n) is 5.55. The van der Waals surface area contributed by atoms with E-state index in [4.69, 9.17) is 17.3 Å². The number of nitro benzene ring substituents is 1. The van der Waals surface area contributed by atoms with Crippen molar-refractivity contribution in [2.45, 2.75) is 0 Å². The molecule has 9 heteroatoms. The molecular weight excluding hydrogens is 303 g/mol.